The number of carbonyl (C=O) groups excluding carboxylic acids is 2. The number of hydrogen-bond donors (Lipinski definition) is 1. The first-order valence-electron chi connectivity index (χ1n) is 10.2. The zero-order valence-electron chi connectivity index (χ0n) is 18.1. The summed E-state index contributed by atoms with van der Waals surface area (Å²) in [4.78, 5) is 25.5. The summed E-state index contributed by atoms with van der Waals surface area (Å²) in [5.41, 5.74) is 8.02. The monoisotopic (exact) mass is 416 g/mol. The maximum Gasteiger partial charge on any atom is 1.00 e. The number of amides is 1. The molecule has 1 saturated heterocycles. The van der Waals surface area contributed by atoms with E-state index in [1.165, 1.54) is 0 Å². The van der Waals surface area contributed by atoms with E-state index in [0.717, 1.165) is 30.6 Å². The number of primary amides is 1. The smallest absolute Gasteiger partial charge is 0.550 e. The van der Waals surface area contributed by atoms with Crippen LogP contribution in [0.3, 0.4) is 0 Å². The summed E-state index contributed by atoms with van der Waals surface area (Å²) in [6.45, 7) is 6.50. The number of nitrogens with two attached hydrogens (primary N) is 1. The average molecular weight is 416 g/mol. The molecule has 0 spiro atoms. The van der Waals surface area contributed by atoms with Crippen molar-refractivity contribution in [3.05, 3.63) is 71.3 Å². The van der Waals surface area contributed by atoms with Crippen molar-refractivity contribution in [2.45, 2.75) is 32.1 Å². The largest absolute Gasteiger partial charge is 1.00 e. The topological polar surface area (TPSA) is 86.5 Å². The standard InChI is InChI=1S/C24H30N2O3.Na/c1-17-15-26(16-20(23(28)29)13-18-7-4-3-5-8-18)12-11-24(17,2)21-10-6-9-19(14-21)22(25)27;/h3-10,14,17,20H,11-13,15-16H2,1-2H3,(H2,25,27)(H,28,29);/q;+1/p-1/t17-,20-,24+;/m0./s1. The van der Waals surface area contributed by atoms with Gasteiger partial charge in [-0.1, -0.05) is 56.3 Å². The van der Waals surface area contributed by atoms with Crippen molar-refractivity contribution in [3.8, 4) is 0 Å². The molecule has 0 saturated carbocycles. The summed E-state index contributed by atoms with van der Waals surface area (Å²) in [5, 5.41) is 11.7. The first kappa shape index (κ1) is 24.6. The number of rotatable bonds is 7. The van der Waals surface area contributed by atoms with Crippen molar-refractivity contribution in [3.63, 3.8) is 0 Å². The molecule has 2 aromatic rings. The quantitative estimate of drug-likeness (QED) is 0.587. The Kier molecular flexibility index (Phi) is 8.68. The van der Waals surface area contributed by atoms with E-state index in [1.807, 2.05) is 42.5 Å². The predicted octanol–water partition coefficient (Wildman–Crippen LogP) is -1.00. The molecule has 1 heterocycles. The van der Waals surface area contributed by atoms with E-state index >= 15 is 0 Å². The Morgan fingerprint density at radius 2 is 1.90 bits per heavy atom. The molecule has 0 aromatic heterocycles. The van der Waals surface area contributed by atoms with Gasteiger partial charge in [-0.2, -0.15) is 0 Å². The number of carboxylic acids is 1. The van der Waals surface area contributed by atoms with Gasteiger partial charge in [0, 0.05) is 30.5 Å². The molecule has 30 heavy (non-hydrogen) atoms. The van der Waals surface area contributed by atoms with Gasteiger partial charge < -0.3 is 20.5 Å². The van der Waals surface area contributed by atoms with Crippen LogP contribution in [-0.4, -0.2) is 36.4 Å². The molecule has 0 aliphatic carbocycles. The van der Waals surface area contributed by atoms with Crippen LogP contribution < -0.4 is 40.4 Å². The average Bonchev–Trinajstić information content (AvgIpc) is 2.71. The van der Waals surface area contributed by atoms with Gasteiger partial charge in [-0.25, -0.2) is 0 Å². The fraction of sp³-hybridized carbons (Fsp3) is 0.417. The minimum Gasteiger partial charge on any atom is -0.550 e. The third-order valence-corrected chi connectivity index (χ3v) is 6.51. The van der Waals surface area contributed by atoms with Crippen molar-refractivity contribution in [1.82, 2.24) is 4.90 Å². The first-order chi connectivity index (χ1) is 13.8. The minimum atomic E-state index is -0.996. The van der Waals surface area contributed by atoms with Gasteiger partial charge >= 0.3 is 29.6 Å². The van der Waals surface area contributed by atoms with Gasteiger partial charge in [-0.15, -0.1) is 0 Å². The molecule has 2 N–H and O–H groups in total. The Labute approximate surface area is 200 Å². The molecule has 1 amide bonds. The summed E-state index contributed by atoms with van der Waals surface area (Å²) >= 11 is 0. The van der Waals surface area contributed by atoms with Crippen LogP contribution in [0.4, 0.5) is 0 Å². The van der Waals surface area contributed by atoms with Crippen LogP contribution in [0, 0.1) is 11.8 Å². The summed E-state index contributed by atoms with van der Waals surface area (Å²) in [6.07, 6.45) is 1.37. The number of piperidine rings is 1. The zero-order chi connectivity index (χ0) is 21.0. The molecule has 6 heteroatoms. The van der Waals surface area contributed by atoms with Gasteiger partial charge in [-0.3, -0.25) is 4.79 Å². The van der Waals surface area contributed by atoms with Crippen molar-refractivity contribution in [2.24, 2.45) is 17.6 Å². The van der Waals surface area contributed by atoms with E-state index in [2.05, 4.69) is 24.8 Å². The van der Waals surface area contributed by atoms with Gasteiger partial charge in [0.25, 0.3) is 0 Å². The summed E-state index contributed by atoms with van der Waals surface area (Å²) in [7, 11) is 0. The van der Waals surface area contributed by atoms with Gasteiger partial charge in [0.1, 0.15) is 0 Å². The van der Waals surface area contributed by atoms with Crippen LogP contribution in [0.2, 0.25) is 0 Å². The van der Waals surface area contributed by atoms with Gasteiger partial charge in [0.2, 0.25) is 5.91 Å². The van der Waals surface area contributed by atoms with Gasteiger partial charge in [0.05, 0.1) is 0 Å². The van der Waals surface area contributed by atoms with E-state index in [-0.39, 0.29) is 35.0 Å². The number of hydrogen-bond acceptors (Lipinski definition) is 4. The number of carboxylic acid groups (broad SMARTS) is 1. The molecule has 1 fully saturated rings. The summed E-state index contributed by atoms with van der Waals surface area (Å²) < 4.78 is 0. The van der Waals surface area contributed by atoms with E-state index in [9.17, 15) is 14.7 Å². The van der Waals surface area contributed by atoms with Crippen LogP contribution in [0.1, 0.15) is 41.8 Å². The third kappa shape index (κ3) is 5.73. The van der Waals surface area contributed by atoms with Crippen LogP contribution in [0.15, 0.2) is 54.6 Å². The Morgan fingerprint density at radius 1 is 1.20 bits per heavy atom. The van der Waals surface area contributed by atoms with Crippen LogP contribution >= 0.6 is 0 Å². The molecule has 0 radical (unpaired) electrons. The molecular formula is C24H29N2NaO3. The number of likely N-dealkylation sites (tertiary alicyclic amines) is 1. The van der Waals surface area contributed by atoms with Crippen LogP contribution in [0.5, 0.6) is 0 Å². The fourth-order valence-electron chi connectivity index (χ4n) is 4.37. The predicted molar refractivity (Wildman–Crippen MR) is 111 cm³/mol. The molecule has 1 aliphatic rings. The van der Waals surface area contributed by atoms with E-state index in [0.29, 0.717) is 24.4 Å². The summed E-state index contributed by atoms with van der Waals surface area (Å²) in [5.74, 6) is -1.65. The number of carbonyl (C=O) groups is 2. The molecular weight excluding hydrogens is 387 g/mol. The van der Waals surface area contributed by atoms with Crippen molar-refractivity contribution < 1.29 is 44.3 Å². The van der Waals surface area contributed by atoms with Crippen molar-refractivity contribution in [2.75, 3.05) is 19.6 Å². The molecule has 3 atom stereocenters. The number of benzene rings is 2. The number of nitrogens with zero attached hydrogens (tertiary/aromatic N) is 1. The zero-order valence-corrected chi connectivity index (χ0v) is 20.1. The minimum absolute atomic E-state index is 0. The van der Waals surface area contributed by atoms with E-state index < -0.39 is 17.8 Å². The SMILES string of the molecule is C[C@H]1CN(C[C@H](Cc2ccccc2)C(=O)[O-])CC[C@@]1(C)c1cccc(C(N)=O)c1.[Na+]. The second-order valence-corrected chi connectivity index (χ2v) is 8.48. The first-order valence-corrected chi connectivity index (χ1v) is 10.2. The molecule has 154 valence electrons. The molecule has 5 nitrogen and oxygen atoms in total. The molecule has 3 rings (SSSR count). The van der Waals surface area contributed by atoms with Crippen molar-refractivity contribution >= 4 is 11.9 Å². The molecule has 1 aliphatic heterocycles. The Morgan fingerprint density at radius 3 is 2.50 bits per heavy atom. The number of aliphatic carboxylic acids is 1. The Bertz CT molecular complexity index is 874. The molecule has 2 aromatic carbocycles. The van der Waals surface area contributed by atoms with E-state index in [4.69, 9.17) is 5.73 Å². The summed E-state index contributed by atoms with van der Waals surface area (Å²) in [6, 6.07) is 17.3. The van der Waals surface area contributed by atoms with E-state index in [1.54, 1.807) is 6.07 Å². The molecule has 0 unspecified atom stereocenters. The second kappa shape index (κ2) is 10.6. The van der Waals surface area contributed by atoms with Gasteiger partial charge in [0.15, 0.2) is 0 Å². The van der Waals surface area contributed by atoms with Crippen LogP contribution in [-0.2, 0) is 16.6 Å². The fourth-order valence-corrected chi connectivity index (χ4v) is 4.37. The van der Waals surface area contributed by atoms with Gasteiger partial charge in [-0.05, 0) is 54.0 Å². The Hall–Kier alpha value is -1.66. The molecule has 0 bridgehead atoms. The van der Waals surface area contributed by atoms with Crippen LogP contribution in [0.25, 0.3) is 0 Å². The maximum atomic E-state index is 11.7. The second-order valence-electron chi connectivity index (χ2n) is 8.48. The maximum absolute atomic E-state index is 11.7. The normalized spacial score (nSPS) is 22.7. The Balaban J connectivity index is 0.00000320. The third-order valence-electron chi connectivity index (χ3n) is 6.51. The van der Waals surface area contributed by atoms with Crippen molar-refractivity contribution in [1.29, 1.82) is 0 Å².